The first-order chi connectivity index (χ1) is 6.63. The van der Waals surface area contributed by atoms with Crippen LogP contribution in [0.4, 0.5) is 0 Å². The second-order valence-corrected chi connectivity index (χ2v) is 4.93. The van der Waals surface area contributed by atoms with E-state index in [1.807, 2.05) is 0 Å². The van der Waals surface area contributed by atoms with Gasteiger partial charge < -0.3 is 10.1 Å². The van der Waals surface area contributed by atoms with Gasteiger partial charge in [0, 0.05) is 12.0 Å². The van der Waals surface area contributed by atoms with E-state index >= 15 is 0 Å². The van der Waals surface area contributed by atoms with Crippen molar-refractivity contribution in [3.05, 3.63) is 0 Å². The molecule has 0 aromatic rings. The smallest absolute Gasteiger partial charge is 0.0551 e. The van der Waals surface area contributed by atoms with Gasteiger partial charge in [0.15, 0.2) is 0 Å². The van der Waals surface area contributed by atoms with Crippen LogP contribution < -0.4 is 5.32 Å². The zero-order chi connectivity index (χ0) is 10.6. The van der Waals surface area contributed by atoms with E-state index in [1.165, 1.54) is 12.8 Å². The molecule has 0 saturated carbocycles. The maximum atomic E-state index is 5.63. The predicted octanol–water partition coefficient (Wildman–Crippen LogP) is 2.44. The summed E-state index contributed by atoms with van der Waals surface area (Å²) >= 11 is 0. The van der Waals surface area contributed by atoms with E-state index in [-0.39, 0.29) is 0 Å². The molecule has 0 aliphatic carbocycles. The van der Waals surface area contributed by atoms with Crippen LogP contribution in [0.1, 0.15) is 40.5 Å². The summed E-state index contributed by atoms with van der Waals surface area (Å²) in [5, 5.41) is 3.60. The molecule has 1 fully saturated rings. The molecule has 2 heteroatoms. The van der Waals surface area contributed by atoms with E-state index in [9.17, 15) is 0 Å². The monoisotopic (exact) mass is 199 g/mol. The summed E-state index contributed by atoms with van der Waals surface area (Å²) < 4.78 is 5.63. The summed E-state index contributed by atoms with van der Waals surface area (Å²) in [5.74, 6) is 1.50. The second kappa shape index (κ2) is 5.72. The predicted molar refractivity (Wildman–Crippen MR) is 60.4 cm³/mol. The third kappa shape index (κ3) is 3.58. The lowest BCUT2D eigenvalue weighted by Crippen LogP contribution is -2.37. The molecule has 0 spiro atoms. The van der Waals surface area contributed by atoms with Gasteiger partial charge in [-0.15, -0.1) is 0 Å². The van der Waals surface area contributed by atoms with Crippen LogP contribution in [0, 0.1) is 11.8 Å². The van der Waals surface area contributed by atoms with Crippen molar-refractivity contribution >= 4 is 0 Å². The number of hydrogen-bond acceptors (Lipinski definition) is 2. The molecule has 1 N–H and O–H groups in total. The zero-order valence-electron chi connectivity index (χ0n) is 10.0. The number of hydrogen-bond donors (Lipinski definition) is 1. The summed E-state index contributed by atoms with van der Waals surface area (Å²) in [4.78, 5) is 0. The van der Waals surface area contributed by atoms with E-state index in [0.29, 0.717) is 12.1 Å². The van der Waals surface area contributed by atoms with Crippen LogP contribution in [0.25, 0.3) is 0 Å². The fourth-order valence-electron chi connectivity index (χ4n) is 2.34. The highest BCUT2D eigenvalue weighted by Gasteiger charge is 2.29. The van der Waals surface area contributed by atoms with Crippen molar-refractivity contribution in [2.75, 3.05) is 13.2 Å². The Balaban J connectivity index is 2.41. The molecule has 1 aliphatic rings. The largest absolute Gasteiger partial charge is 0.378 e. The van der Waals surface area contributed by atoms with Crippen molar-refractivity contribution in [1.82, 2.24) is 5.32 Å². The van der Waals surface area contributed by atoms with Gasteiger partial charge in [0.1, 0.15) is 0 Å². The Kier molecular flexibility index (Phi) is 4.90. The van der Waals surface area contributed by atoms with Crippen LogP contribution in [0.2, 0.25) is 0 Å². The topological polar surface area (TPSA) is 21.3 Å². The molecule has 14 heavy (non-hydrogen) atoms. The molecule has 1 aliphatic heterocycles. The third-order valence-corrected chi connectivity index (χ3v) is 2.99. The van der Waals surface area contributed by atoms with Gasteiger partial charge in [-0.05, 0) is 32.2 Å². The van der Waals surface area contributed by atoms with Gasteiger partial charge in [-0.1, -0.05) is 20.8 Å². The standard InChI is InChI=1S/C12H25NO/c1-5-13-12(6-9(2)3)11-7-10(4)14-8-11/h9-13H,5-8H2,1-4H3. The summed E-state index contributed by atoms with van der Waals surface area (Å²) in [7, 11) is 0. The molecule has 3 unspecified atom stereocenters. The lowest BCUT2D eigenvalue weighted by Gasteiger charge is -2.25. The average Bonchev–Trinajstić information content (AvgIpc) is 2.50. The van der Waals surface area contributed by atoms with E-state index in [0.717, 1.165) is 25.0 Å². The van der Waals surface area contributed by atoms with Crippen molar-refractivity contribution in [3.63, 3.8) is 0 Å². The van der Waals surface area contributed by atoms with E-state index in [1.54, 1.807) is 0 Å². The Labute approximate surface area is 88.4 Å². The molecule has 0 aromatic carbocycles. The van der Waals surface area contributed by atoms with Crippen LogP contribution in [0.5, 0.6) is 0 Å². The first kappa shape index (κ1) is 12.0. The van der Waals surface area contributed by atoms with E-state index in [4.69, 9.17) is 4.74 Å². The summed E-state index contributed by atoms with van der Waals surface area (Å²) in [6.45, 7) is 11.0. The van der Waals surface area contributed by atoms with Crippen molar-refractivity contribution in [3.8, 4) is 0 Å². The van der Waals surface area contributed by atoms with Crippen molar-refractivity contribution in [1.29, 1.82) is 0 Å². The van der Waals surface area contributed by atoms with Gasteiger partial charge in [0.2, 0.25) is 0 Å². The molecule has 1 saturated heterocycles. The summed E-state index contributed by atoms with van der Waals surface area (Å²) in [6, 6.07) is 0.657. The van der Waals surface area contributed by atoms with Gasteiger partial charge in [-0.25, -0.2) is 0 Å². The highest BCUT2D eigenvalue weighted by atomic mass is 16.5. The molecule has 0 amide bonds. The van der Waals surface area contributed by atoms with Crippen molar-refractivity contribution < 1.29 is 4.74 Å². The highest BCUT2D eigenvalue weighted by molar-refractivity contribution is 4.82. The molecular formula is C12H25NO. The number of nitrogens with one attached hydrogen (secondary N) is 1. The number of ether oxygens (including phenoxy) is 1. The molecule has 3 atom stereocenters. The summed E-state index contributed by atoms with van der Waals surface area (Å²) in [5.41, 5.74) is 0. The lowest BCUT2D eigenvalue weighted by atomic mass is 9.90. The Hall–Kier alpha value is -0.0800. The van der Waals surface area contributed by atoms with Gasteiger partial charge in [0.05, 0.1) is 12.7 Å². The van der Waals surface area contributed by atoms with Crippen molar-refractivity contribution in [2.24, 2.45) is 11.8 Å². The van der Waals surface area contributed by atoms with Gasteiger partial charge in [-0.2, -0.15) is 0 Å². The SMILES string of the molecule is CCNC(CC(C)C)C1COC(C)C1. The van der Waals surface area contributed by atoms with Crippen LogP contribution in [-0.4, -0.2) is 25.3 Å². The van der Waals surface area contributed by atoms with E-state index < -0.39 is 0 Å². The highest BCUT2D eigenvalue weighted by Crippen LogP contribution is 2.25. The first-order valence-corrected chi connectivity index (χ1v) is 5.98. The molecule has 1 heterocycles. The van der Waals surface area contributed by atoms with Gasteiger partial charge in [0.25, 0.3) is 0 Å². The Morgan fingerprint density at radius 1 is 1.43 bits per heavy atom. The molecule has 84 valence electrons. The molecule has 1 rings (SSSR count). The second-order valence-electron chi connectivity index (χ2n) is 4.93. The molecule has 0 aromatic heterocycles. The normalized spacial score (nSPS) is 29.8. The number of rotatable bonds is 5. The summed E-state index contributed by atoms with van der Waals surface area (Å²) in [6.07, 6.45) is 2.97. The fraction of sp³-hybridized carbons (Fsp3) is 1.00. The van der Waals surface area contributed by atoms with Crippen LogP contribution in [0.15, 0.2) is 0 Å². The lowest BCUT2D eigenvalue weighted by molar-refractivity contribution is 0.116. The Morgan fingerprint density at radius 2 is 2.14 bits per heavy atom. The zero-order valence-corrected chi connectivity index (χ0v) is 10.0. The first-order valence-electron chi connectivity index (χ1n) is 5.98. The van der Waals surface area contributed by atoms with E-state index in [2.05, 4.69) is 33.0 Å². The van der Waals surface area contributed by atoms with Gasteiger partial charge in [-0.3, -0.25) is 0 Å². The molecule has 0 radical (unpaired) electrons. The minimum Gasteiger partial charge on any atom is -0.378 e. The van der Waals surface area contributed by atoms with Crippen molar-refractivity contribution in [2.45, 2.75) is 52.7 Å². The molecule has 0 bridgehead atoms. The molecule has 2 nitrogen and oxygen atoms in total. The Bertz CT molecular complexity index is 158. The maximum Gasteiger partial charge on any atom is 0.0551 e. The van der Waals surface area contributed by atoms with Crippen LogP contribution >= 0.6 is 0 Å². The molecular weight excluding hydrogens is 174 g/mol. The van der Waals surface area contributed by atoms with Gasteiger partial charge >= 0.3 is 0 Å². The van der Waals surface area contributed by atoms with Crippen LogP contribution in [0.3, 0.4) is 0 Å². The maximum absolute atomic E-state index is 5.63. The minimum atomic E-state index is 0.466. The minimum absolute atomic E-state index is 0.466. The van der Waals surface area contributed by atoms with Crippen LogP contribution in [-0.2, 0) is 4.74 Å². The fourth-order valence-corrected chi connectivity index (χ4v) is 2.34. The quantitative estimate of drug-likeness (QED) is 0.734. The average molecular weight is 199 g/mol. The third-order valence-electron chi connectivity index (χ3n) is 2.99. The Morgan fingerprint density at radius 3 is 2.57 bits per heavy atom.